The molecule has 1 aromatic carbocycles. The van der Waals surface area contributed by atoms with Crippen LogP contribution in [0, 0.1) is 6.92 Å². The zero-order chi connectivity index (χ0) is 18.7. The van der Waals surface area contributed by atoms with Crippen LogP contribution in [0.15, 0.2) is 28.5 Å². The number of amides is 1. The van der Waals surface area contributed by atoms with Gasteiger partial charge in [0, 0.05) is 18.5 Å². The first-order valence-corrected chi connectivity index (χ1v) is 10.5. The molecule has 0 unspecified atom stereocenters. The van der Waals surface area contributed by atoms with Gasteiger partial charge in [0.25, 0.3) is 15.9 Å². The minimum atomic E-state index is -3.99. The first-order valence-electron chi connectivity index (χ1n) is 7.73. The first kappa shape index (κ1) is 19.1. The number of aryl methyl sites for hydroxylation is 1. The molecule has 1 saturated heterocycles. The summed E-state index contributed by atoms with van der Waals surface area (Å²) in [6.07, 6.45) is 0. The number of hydrazine groups is 1. The lowest BCUT2D eigenvalue weighted by molar-refractivity contribution is 0.0940. The SMILES string of the molecule is Cc1ccc(S(=O)(=O)NNC(=O)c2csc(N3CCOCC3)n2)c(Cl)c1. The molecule has 1 aliphatic rings. The number of nitrogens with one attached hydrogen (secondary N) is 2. The summed E-state index contributed by atoms with van der Waals surface area (Å²) in [5, 5.41) is 2.35. The molecule has 1 aliphatic heterocycles. The predicted molar refractivity (Wildman–Crippen MR) is 99.1 cm³/mol. The number of ether oxygens (including phenoxy) is 1. The van der Waals surface area contributed by atoms with Gasteiger partial charge in [-0.25, -0.2) is 13.4 Å². The number of carbonyl (C=O) groups is 1. The monoisotopic (exact) mass is 416 g/mol. The van der Waals surface area contributed by atoms with Crippen molar-refractivity contribution in [2.75, 3.05) is 31.2 Å². The van der Waals surface area contributed by atoms with Crippen LogP contribution < -0.4 is 15.2 Å². The van der Waals surface area contributed by atoms with Gasteiger partial charge in [0.05, 0.1) is 18.2 Å². The standard InChI is InChI=1S/C15H17ClN4O4S2/c1-10-2-3-13(11(16)8-10)26(22,23)19-18-14(21)12-9-25-15(17-12)20-4-6-24-7-5-20/h2-3,8-9,19H,4-7H2,1H3,(H,18,21). The molecule has 1 amide bonds. The molecule has 0 bridgehead atoms. The van der Waals surface area contributed by atoms with Crippen LogP contribution in [0.25, 0.3) is 0 Å². The second-order valence-corrected chi connectivity index (χ2v) is 8.50. The Morgan fingerprint density at radius 2 is 2.08 bits per heavy atom. The van der Waals surface area contributed by atoms with Crippen molar-refractivity contribution >= 4 is 44.0 Å². The van der Waals surface area contributed by atoms with Crippen LogP contribution in [0.5, 0.6) is 0 Å². The van der Waals surface area contributed by atoms with E-state index in [9.17, 15) is 13.2 Å². The summed E-state index contributed by atoms with van der Waals surface area (Å²) in [5.74, 6) is -0.646. The summed E-state index contributed by atoms with van der Waals surface area (Å²) in [6.45, 7) is 4.42. The average Bonchev–Trinajstić information content (AvgIpc) is 3.10. The van der Waals surface area contributed by atoms with Gasteiger partial charge in [0.1, 0.15) is 10.6 Å². The number of rotatable bonds is 5. The van der Waals surface area contributed by atoms with Crippen molar-refractivity contribution in [2.45, 2.75) is 11.8 Å². The third-order valence-electron chi connectivity index (χ3n) is 3.68. The molecule has 0 atom stereocenters. The molecule has 0 radical (unpaired) electrons. The second kappa shape index (κ2) is 7.89. The number of halogens is 1. The van der Waals surface area contributed by atoms with E-state index < -0.39 is 15.9 Å². The van der Waals surface area contributed by atoms with E-state index in [1.807, 2.05) is 9.73 Å². The second-order valence-electron chi connectivity index (χ2n) is 5.61. The van der Waals surface area contributed by atoms with Gasteiger partial charge in [-0.05, 0) is 24.6 Å². The molecule has 2 N–H and O–H groups in total. The Labute approximate surface area is 160 Å². The number of aromatic nitrogens is 1. The molecule has 8 nitrogen and oxygen atoms in total. The zero-order valence-corrected chi connectivity index (χ0v) is 16.2. The maximum atomic E-state index is 12.3. The van der Waals surface area contributed by atoms with Gasteiger partial charge in [-0.3, -0.25) is 10.2 Å². The summed E-state index contributed by atoms with van der Waals surface area (Å²) in [6, 6.07) is 4.54. The number of hydrogen-bond donors (Lipinski definition) is 2. The highest BCUT2D eigenvalue weighted by Crippen LogP contribution is 2.23. The number of thiazole rings is 1. The third-order valence-corrected chi connectivity index (χ3v) is 6.31. The molecule has 26 heavy (non-hydrogen) atoms. The van der Waals surface area contributed by atoms with Crippen LogP contribution >= 0.6 is 22.9 Å². The fourth-order valence-corrected chi connectivity index (χ4v) is 4.62. The van der Waals surface area contributed by atoms with E-state index in [1.54, 1.807) is 18.4 Å². The van der Waals surface area contributed by atoms with Crippen LogP contribution in [0.4, 0.5) is 5.13 Å². The normalized spacial score (nSPS) is 15.1. The van der Waals surface area contributed by atoms with Gasteiger partial charge in [-0.15, -0.1) is 16.2 Å². The molecular formula is C15H17ClN4O4S2. The van der Waals surface area contributed by atoms with Crippen LogP contribution in [0.1, 0.15) is 16.1 Å². The zero-order valence-electron chi connectivity index (χ0n) is 13.9. The predicted octanol–water partition coefficient (Wildman–Crippen LogP) is 1.56. The van der Waals surface area contributed by atoms with Crippen molar-refractivity contribution in [2.24, 2.45) is 0 Å². The van der Waals surface area contributed by atoms with Crippen LogP contribution in [0.3, 0.4) is 0 Å². The molecule has 1 aromatic heterocycles. The van der Waals surface area contributed by atoms with E-state index in [-0.39, 0.29) is 15.6 Å². The van der Waals surface area contributed by atoms with Crippen molar-refractivity contribution in [1.29, 1.82) is 0 Å². The Balaban J connectivity index is 1.65. The number of carbonyl (C=O) groups excluding carboxylic acids is 1. The van der Waals surface area contributed by atoms with Crippen molar-refractivity contribution < 1.29 is 17.9 Å². The van der Waals surface area contributed by atoms with E-state index in [4.69, 9.17) is 16.3 Å². The van der Waals surface area contributed by atoms with Crippen LogP contribution in [-0.4, -0.2) is 45.6 Å². The molecule has 2 aromatic rings. The molecular weight excluding hydrogens is 400 g/mol. The van der Waals surface area contributed by atoms with Gasteiger partial charge < -0.3 is 9.64 Å². The maximum absolute atomic E-state index is 12.3. The van der Waals surface area contributed by atoms with Crippen molar-refractivity contribution in [1.82, 2.24) is 15.2 Å². The minimum absolute atomic E-state index is 0.0787. The largest absolute Gasteiger partial charge is 0.378 e. The minimum Gasteiger partial charge on any atom is -0.378 e. The highest BCUT2D eigenvalue weighted by molar-refractivity contribution is 7.89. The summed E-state index contributed by atoms with van der Waals surface area (Å²) in [4.78, 5) is 20.4. The number of sulfonamides is 1. The van der Waals surface area contributed by atoms with Gasteiger partial charge in [0.15, 0.2) is 5.13 Å². The number of morpholine rings is 1. The molecule has 0 spiro atoms. The summed E-state index contributed by atoms with van der Waals surface area (Å²) in [5.41, 5.74) is 3.12. The van der Waals surface area contributed by atoms with Gasteiger partial charge in [-0.2, -0.15) is 0 Å². The molecule has 0 aliphatic carbocycles. The lowest BCUT2D eigenvalue weighted by Gasteiger charge is -2.25. The molecule has 1 fully saturated rings. The number of anilines is 1. The van der Waals surface area contributed by atoms with Gasteiger partial charge in [0.2, 0.25) is 0 Å². The Kier molecular flexibility index (Phi) is 5.78. The summed E-state index contributed by atoms with van der Waals surface area (Å²) in [7, 11) is -3.99. The van der Waals surface area contributed by atoms with E-state index in [1.165, 1.54) is 23.5 Å². The van der Waals surface area contributed by atoms with Gasteiger partial charge in [-0.1, -0.05) is 17.7 Å². The number of hydrogen-bond acceptors (Lipinski definition) is 7. The van der Waals surface area contributed by atoms with Crippen molar-refractivity contribution in [3.05, 3.63) is 39.9 Å². The Hall–Kier alpha value is -1.72. The Morgan fingerprint density at radius 1 is 1.35 bits per heavy atom. The Bertz CT molecular complexity index is 910. The summed E-state index contributed by atoms with van der Waals surface area (Å²) < 4.78 is 29.9. The fraction of sp³-hybridized carbons (Fsp3) is 0.333. The topological polar surface area (TPSA) is 101 Å². The summed E-state index contributed by atoms with van der Waals surface area (Å²) >= 11 is 7.30. The molecule has 0 saturated carbocycles. The fourth-order valence-electron chi connectivity index (χ4n) is 2.32. The lowest BCUT2D eigenvalue weighted by atomic mass is 10.2. The first-order chi connectivity index (χ1) is 12.4. The highest BCUT2D eigenvalue weighted by atomic mass is 35.5. The number of nitrogens with zero attached hydrogens (tertiary/aromatic N) is 2. The Morgan fingerprint density at radius 3 is 2.77 bits per heavy atom. The number of benzene rings is 1. The van der Waals surface area contributed by atoms with E-state index in [2.05, 4.69) is 10.4 Å². The maximum Gasteiger partial charge on any atom is 0.285 e. The van der Waals surface area contributed by atoms with Crippen LogP contribution in [0.2, 0.25) is 5.02 Å². The molecule has 140 valence electrons. The van der Waals surface area contributed by atoms with E-state index >= 15 is 0 Å². The van der Waals surface area contributed by atoms with Crippen molar-refractivity contribution in [3.63, 3.8) is 0 Å². The smallest absolute Gasteiger partial charge is 0.285 e. The molecule has 2 heterocycles. The average molecular weight is 417 g/mol. The highest BCUT2D eigenvalue weighted by Gasteiger charge is 2.21. The quantitative estimate of drug-likeness (QED) is 0.717. The van der Waals surface area contributed by atoms with Crippen LogP contribution in [-0.2, 0) is 14.8 Å². The van der Waals surface area contributed by atoms with E-state index in [0.29, 0.717) is 31.4 Å². The van der Waals surface area contributed by atoms with Crippen molar-refractivity contribution in [3.8, 4) is 0 Å². The molecule has 3 rings (SSSR count). The lowest BCUT2D eigenvalue weighted by Crippen LogP contribution is -2.42. The molecule has 11 heteroatoms. The van der Waals surface area contributed by atoms with Gasteiger partial charge >= 0.3 is 0 Å². The third kappa shape index (κ3) is 4.33. The van der Waals surface area contributed by atoms with E-state index in [0.717, 1.165) is 5.56 Å².